The smallest absolute Gasteiger partial charge is 0.328 e. The first kappa shape index (κ1) is 25.2. The Morgan fingerprint density at radius 1 is 0.926 bits per heavy atom. The number of nitrogens with zero attached hydrogens (tertiary/aromatic N) is 1. The minimum Gasteiger partial charge on any atom is -0.464 e. The SMILES string of the molecule is CCCCCCCCCC(=O)N[C@@H](CCCN=C(N)N)C(=O)OCCCC. The summed E-state index contributed by atoms with van der Waals surface area (Å²) in [6.07, 6.45) is 11.4. The fourth-order valence-corrected chi connectivity index (χ4v) is 2.68. The highest BCUT2D eigenvalue weighted by Gasteiger charge is 2.21. The van der Waals surface area contributed by atoms with Gasteiger partial charge in [0.15, 0.2) is 5.96 Å². The van der Waals surface area contributed by atoms with Gasteiger partial charge in [-0.1, -0.05) is 58.8 Å². The summed E-state index contributed by atoms with van der Waals surface area (Å²) >= 11 is 0. The van der Waals surface area contributed by atoms with Crippen LogP contribution in [0.1, 0.15) is 90.9 Å². The molecule has 0 bridgehead atoms. The lowest BCUT2D eigenvalue weighted by molar-refractivity contribution is -0.148. The van der Waals surface area contributed by atoms with Crippen molar-refractivity contribution in [3.63, 3.8) is 0 Å². The summed E-state index contributed by atoms with van der Waals surface area (Å²) in [5.41, 5.74) is 10.6. The van der Waals surface area contributed by atoms with Crippen LogP contribution in [0.3, 0.4) is 0 Å². The van der Waals surface area contributed by atoms with Gasteiger partial charge in [0.25, 0.3) is 0 Å². The molecule has 0 spiro atoms. The molecule has 0 aromatic rings. The van der Waals surface area contributed by atoms with Crippen molar-refractivity contribution in [3.05, 3.63) is 0 Å². The first-order chi connectivity index (χ1) is 13.0. The van der Waals surface area contributed by atoms with Crippen LogP contribution in [0.4, 0.5) is 0 Å². The van der Waals surface area contributed by atoms with Crippen LogP contribution in [0.2, 0.25) is 0 Å². The standard InChI is InChI=1S/C20H40N4O3/c1-3-5-7-8-9-10-11-14-18(25)24-17(13-12-15-23-20(21)22)19(26)27-16-6-4-2/h17H,3-16H2,1-2H3,(H,24,25)(H4,21,22,23)/t17-/m0/s1. The van der Waals surface area contributed by atoms with Crippen LogP contribution in [-0.2, 0) is 14.3 Å². The van der Waals surface area contributed by atoms with E-state index < -0.39 is 6.04 Å². The number of unbranched alkanes of at least 4 members (excludes halogenated alkanes) is 7. The van der Waals surface area contributed by atoms with Gasteiger partial charge in [0.1, 0.15) is 6.04 Å². The van der Waals surface area contributed by atoms with Gasteiger partial charge in [0.2, 0.25) is 5.91 Å². The largest absolute Gasteiger partial charge is 0.464 e. The lowest BCUT2D eigenvalue weighted by Gasteiger charge is -2.17. The van der Waals surface area contributed by atoms with Crippen molar-refractivity contribution >= 4 is 17.8 Å². The number of esters is 1. The Balaban J connectivity index is 4.23. The third kappa shape index (κ3) is 16.1. The molecule has 1 atom stereocenters. The fraction of sp³-hybridized carbons (Fsp3) is 0.850. The molecule has 0 aromatic heterocycles. The van der Waals surface area contributed by atoms with Crippen LogP contribution >= 0.6 is 0 Å². The summed E-state index contributed by atoms with van der Waals surface area (Å²) in [6.45, 7) is 5.04. The first-order valence-electron chi connectivity index (χ1n) is 10.5. The molecule has 0 heterocycles. The summed E-state index contributed by atoms with van der Waals surface area (Å²) in [6, 6.07) is -0.631. The van der Waals surface area contributed by atoms with Crippen LogP contribution < -0.4 is 16.8 Å². The van der Waals surface area contributed by atoms with Gasteiger partial charge in [0.05, 0.1) is 6.61 Å². The van der Waals surface area contributed by atoms with E-state index in [1.165, 1.54) is 25.7 Å². The van der Waals surface area contributed by atoms with Crippen LogP contribution in [0.15, 0.2) is 4.99 Å². The lowest BCUT2D eigenvalue weighted by atomic mass is 10.1. The highest BCUT2D eigenvalue weighted by molar-refractivity contribution is 5.84. The molecule has 1 amide bonds. The quantitative estimate of drug-likeness (QED) is 0.154. The summed E-state index contributed by atoms with van der Waals surface area (Å²) in [4.78, 5) is 28.3. The Morgan fingerprint density at radius 3 is 2.19 bits per heavy atom. The number of hydrogen-bond donors (Lipinski definition) is 3. The number of carbonyl (C=O) groups excluding carboxylic acids is 2. The van der Waals surface area contributed by atoms with Crippen LogP contribution in [0.25, 0.3) is 0 Å². The molecule has 0 fully saturated rings. The van der Waals surface area contributed by atoms with E-state index in [1.807, 2.05) is 6.92 Å². The summed E-state index contributed by atoms with van der Waals surface area (Å²) < 4.78 is 5.27. The third-order valence-electron chi connectivity index (χ3n) is 4.31. The Morgan fingerprint density at radius 2 is 1.56 bits per heavy atom. The second kappa shape index (κ2) is 17.6. The molecule has 0 aliphatic heterocycles. The molecular formula is C20H40N4O3. The molecule has 27 heavy (non-hydrogen) atoms. The number of hydrogen-bond acceptors (Lipinski definition) is 4. The molecule has 0 aliphatic carbocycles. The average Bonchev–Trinajstić information content (AvgIpc) is 2.63. The van der Waals surface area contributed by atoms with E-state index >= 15 is 0 Å². The predicted molar refractivity (Wildman–Crippen MR) is 110 cm³/mol. The third-order valence-corrected chi connectivity index (χ3v) is 4.31. The maximum atomic E-state index is 12.2. The second-order valence-corrected chi connectivity index (χ2v) is 6.96. The van der Waals surface area contributed by atoms with Crippen molar-refractivity contribution in [1.82, 2.24) is 5.32 Å². The molecule has 0 radical (unpaired) electrons. The highest BCUT2D eigenvalue weighted by Crippen LogP contribution is 2.09. The van der Waals surface area contributed by atoms with Crippen LogP contribution in [0, 0.1) is 0 Å². The number of rotatable bonds is 17. The van der Waals surface area contributed by atoms with Crippen molar-refractivity contribution in [2.45, 2.75) is 96.9 Å². The van der Waals surface area contributed by atoms with Crippen LogP contribution in [0.5, 0.6) is 0 Å². The van der Waals surface area contributed by atoms with Crippen LogP contribution in [-0.4, -0.2) is 37.0 Å². The lowest BCUT2D eigenvalue weighted by Crippen LogP contribution is -2.42. The van der Waals surface area contributed by atoms with Gasteiger partial charge in [-0.25, -0.2) is 4.79 Å². The van der Waals surface area contributed by atoms with Crippen molar-refractivity contribution < 1.29 is 14.3 Å². The Kier molecular flexibility index (Phi) is 16.4. The van der Waals surface area contributed by atoms with E-state index in [1.54, 1.807) is 0 Å². The number of aliphatic imine (C=N–C) groups is 1. The van der Waals surface area contributed by atoms with Gasteiger partial charge in [0, 0.05) is 13.0 Å². The van der Waals surface area contributed by atoms with E-state index in [0.717, 1.165) is 32.1 Å². The van der Waals surface area contributed by atoms with Gasteiger partial charge < -0.3 is 21.5 Å². The molecule has 0 unspecified atom stereocenters. The monoisotopic (exact) mass is 384 g/mol. The average molecular weight is 385 g/mol. The van der Waals surface area contributed by atoms with E-state index in [2.05, 4.69) is 17.2 Å². The predicted octanol–water partition coefficient (Wildman–Crippen LogP) is 3.01. The zero-order valence-corrected chi connectivity index (χ0v) is 17.3. The molecule has 5 N–H and O–H groups in total. The van der Waals surface area contributed by atoms with Crippen molar-refractivity contribution in [2.24, 2.45) is 16.5 Å². The number of carbonyl (C=O) groups is 2. The van der Waals surface area contributed by atoms with Gasteiger partial charge in [-0.15, -0.1) is 0 Å². The van der Waals surface area contributed by atoms with E-state index in [0.29, 0.717) is 32.4 Å². The minimum atomic E-state index is -0.631. The van der Waals surface area contributed by atoms with Crippen molar-refractivity contribution in [1.29, 1.82) is 0 Å². The highest BCUT2D eigenvalue weighted by atomic mass is 16.5. The van der Waals surface area contributed by atoms with E-state index in [9.17, 15) is 9.59 Å². The fourth-order valence-electron chi connectivity index (χ4n) is 2.68. The maximum Gasteiger partial charge on any atom is 0.328 e. The topological polar surface area (TPSA) is 120 Å². The van der Waals surface area contributed by atoms with Gasteiger partial charge in [-0.3, -0.25) is 9.79 Å². The molecule has 0 saturated carbocycles. The molecule has 7 heteroatoms. The Labute approximate surface area is 164 Å². The van der Waals surface area contributed by atoms with Crippen molar-refractivity contribution in [2.75, 3.05) is 13.2 Å². The molecule has 158 valence electrons. The van der Waals surface area contributed by atoms with E-state index in [4.69, 9.17) is 16.2 Å². The number of ether oxygens (including phenoxy) is 1. The summed E-state index contributed by atoms with van der Waals surface area (Å²) in [5, 5.41) is 2.82. The number of amides is 1. The number of nitrogens with one attached hydrogen (secondary N) is 1. The van der Waals surface area contributed by atoms with Gasteiger partial charge >= 0.3 is 5.97 Å². The molecular weight excluding hydrogens is 344 g/mol. The molecule has 0 aliphatic rings. The zero-order chi connectivity index (χ0) is 20.3. The molecule has 7 nitrogen and oxygen atoms in total. The first-order valence-corrected chi connectivity index (χ1v) is 10.5. The number of guanidine groups is 1. The molecule has 0 rings (SSSR count). The number of nitrogens with two attached hydrogens (primary N) is 2. The Hall–Kier alpha value is -1.79. The second-order valence-electron chi connectivity index (χ2n) is 6.96. The minimum absolute atomic E-state index is 0.0278. The van der Waals surface area contributed by atoms with Gasteiger partial charge in [-0.2, -0.15) is 0 Å². The maximum absolute atomic E-state index is 12.2. The molecule has 0 saturated heterocycles. The normalized spacial score (nSPS) is 11.6. The van der Waals surface area contributed by atoms with Gasteiger partial charge in [-0.05, 0) is 25.7 Å². The molecule has 0 aromatic carbocycles. The van der Waals surface area contributed by atoms with Crippen molar-refractivity contribution in [3.8, 4) is 0 Å². The summed E-state index contributed by atoms with van der Waals surface area (Å²) in [5.74, 6) is -0.441. The zero-order valence-electron chi connectivity index (χ0n) is 17.3. The summed E-state index contributed by atoms with van der Waals surface area (Å²) in [7, 11) is 0. The van der Waals surface area contributed by atoms with E-state index in [-0.39, 0.29) is 17.8 Å². The Bertz CT molecular complexity index is 423.